The van der Waals surface area contributed by atoms with E-state index in [0.717, 1.165) is 21.8 Å². The van der Waals surface area contributed by atoms with E-state index in [9.17, 15) is 19.2 Å². The molecule has 2 heterocycles. The number of nitrogens with zero attached hydrogens (tertiary/aromatic N) is 1. The van der Waals surface area contributed by atoms with E-state index < -0.39 is 5.97 Å². The number of ether oxygens (including phenoxy) is 1. The summed E-state index contributed by atoms with van der Waals surface area (Å²) in [6.45, 7) is 6.39. The fourth-order valence-electron chi connectivity index (χ4n) is 3.61. The second-order valence-corrected chi connectivity index (χ2v) is 9.94. The topological polar surface area (TPSA) is 105 Å². The summed E-state index contributed by atoms with van der Waals surface area (Å²) in [4.78, 5) is 52.5. The van der Waals surface area contributed by atoms with Crippen molar-refractivity contribution in [3.63, 3.8) is 0 Å². The van der Waals surface area contributed by atoms with Crippen molar-refractivity contribution in [1.29, 1.82) is 0 Å². The number of fused-ring (bicyclic) bond motifs is 1. The van der Waals surface area contributed by atoms with Crippen LogP contribution in [0.5, 0.6) is 0 Å². The van der Waals surface area contributed by atoms with Crippen molar-refractivity contribution in [3.8, 4) is 0 Å². The zero-order valence-electron chi connectivity index (χ0n) is 19.6. The molecule has 0 unspecified atom stereocenters. The number of rotatable bonds is 9. The summed E-state index contributed by atoms with van der Waals surface area (Å²) in [5.41, 5.74) is 1.93. The van der Waals surface area contributed by atoms with E-state index in [0.29, 0.717) is 42.2 Å². The standard InChI is InChI=1S/C24H29N3O5S2/c1-4-7-20(29)25-16-8-6-9-17(12-16)33-14-21(30)26-23-22(24(31)32-5-2)18-10-11-27(15(3)28)13-19(18)34-23/h6,8-9,12H,4-5,7,10-11,13-14H2,1-3H3,(H,25,29)(H,26,30). The third kappa shape index (κ3) is 6.60. The highest BCUT2D eigenvalue weighted by Crippen LogP contribution is 2.38. The molecule has 0 aliphatic carbocycles. The summed E-state index contributed by atoms with van der Waals surface area (Å²) in [7, 11) is 0. The van der Waals surface area contributed by atoms with E-state index in [1.165, 1.54) is 30.0 Å². The summed E-state index contributed by atoms with van der Waals surface area (Å²) in [6.07, 6.45) is 1.77. The molecule has 1 aliphatic rings. The molecule has 10 heteroatoms. The molecule has 34 heavy (non-hydrogen) atoms. The number of amides is 3. The third-order valence-corrected chi connectivity index (χ3v) is 7.33. The van der Waals surface area contributed by atoms with Crippen LogP contribution in [0.15, 0.2) is 29.2 Å². The Bertz CT molecular complexity index is 1080. The van der Waals surface area contributed by atoms with E-state index in [1.54, 1.807) is 11.8 Å². The van der Waals surface area contributed by atoms with Gasteiger partial charge < -0.3 is 20.3 Å². The van der Waals surface area contributed by atoms with E-state index >= 15 is 0 Å². The third-order valence-electron chi connectivity index (χ3n) is 5.20. The lowest BCUT2D eigenvalue weighted by atomic mass is 10.0. The molecule has 0 saturated carbocycles. The van der Waals surface area contributed by atoms with Crippen molar-refractivity contribution in [2.75, 3.05) is 29.5 Å². The zero-order chi connectivity index (χ0) is 24.7. The van der Waals surface area contributed by atoms with Gasteiger partial charge in [-0.15, -0.1) is 23.1 Å². The predicted molar refractivity (Wildman–Crippen MR) is 134 cm³/mol. The molecule has 1 aliphatic heterocycles. The molecular weight excluding hydrogens is 474 g/mol. The Kier molecular flexibility index (Phi) is 9.12. The van der Waals surface area contributed by atoms with Crippen molar-refractivity contribution < 1.29 is 23.9 Å². The molecule has 1 aromatic carbocycles. The number of hydrogen-bond acceptors (Lipinski definition) is 7. The number of benzene rings is 1. The molecule has 3 rings (SSSR count). The van der Waals surface area contributed by atoms with Crippen LogP contribution in [0.3, 0.4) is 0 Å². The van der Waals surface area contributed by atoms with Gasteiger partial charge in [0, 0.05) is 35.3 Å². The molecule has 0 radical (unpaired) electrons. The molecule has 3 amide bonds. The highest BCUT2D eigenvalue weighted by Gasteiger charge is 2.30. The summed E-state index contributed by atoms with van der Waals surface area (Å²) in [5, 5.41) is 6.18. The lowest BCUT2D eigenvalue weighted by Crippen LogP contribution is -2.34. The number of thioether (sulfide) groups is 1. The van der Waals surface area contributed by atoms with E-state index in [2.05, 4.69) is 10.6 Å². The number of esters is 1. The smallest absolute Gasteiger partial charge is 0.341 e. The Labute approximate surface area is 207 Å². The molecule has 2 aromatic rings. The van der Waals surface area contributed by atoms with Crippen molar-refractivity contribution in [2.24, 2.45) is 0 Å². The first-order valence-corrected chi connectivity index (χ1v) is 13.0. The highest BCUT2D eigenvalue weighted by atomic mass is 32.2. The average molecular weight is 504 g/mol. The van der Waals surface area contributed by atoms with Gasteiger partial charge in [-0.25, -0.2) is 4.79 Å². The second kappa shape index (κ2) is 12.0. The van der Waals surface area contributed by atoms with E-state index in [4.69, 9.17) is 4.74 Å². The predicted octanol–water partition coefficient (Wildman–Crippen LogP) is 4.30. The normalized spacial score (nSPS) is 12.6. The summed E-state index contributed by atoms with van der Waals surface area (Å²) in [6, 6.07) is 7.34. The average Bonchev–Trinajstić information content (AvgIpc) is 3.15. The van der Waals surface area contributed by atoms with Crippen LogP contribution >= 0.6 is 23.1 Å². The molecule has 0 spiro atoms. The second-order valence-electron chi connectivity index (χ2n) is 7.78. The van der Waals surface area contributed by atoms with Crippen LogP contribution in [-0.2, 0) is 32.1 Å². The van der Waals surface area contributed by atoms with Crippen LogP contribution in [0.25, 0.3) is 0 Å². The minimum atomic E-state index is -0.463. The van der Waals surface area contributed by atoms with Gasteiger partial charge in [0.1, 0.15) is 5.00 Å². The fraction of sp³-hybridized carbons (Fsp3) is 0.417. The van der Waals surface area contributed by atoms with Crippen LogP contribution in [-0.4, -0.2) is 47.5 Å². The Balaban J connectivity index is 1.69. The quantitative estimate of drug-likeness (QED) is 0.391. The Hall–Kier alpha value is -2.85. The van der Waals surface area contributed by atoms with Crippen molar-refractivity contribution >= 4 is 57.5 Å². The van der Waals surface area contributed by atoms with Gasteiger partial charge in [0.05, 0.1) is 24.5 Å². The Morgan fingerprint density at radius 1 is 1.15 bits per heavy atom. The van der Waals surface area contributed by atoms with Gasteiger partial charge in [0.15, 0.2) is 0 Å². The molecule has 0 fully saturated rings. The molecule has 182 valence electrons. The first-order valence-electron chi connectivity index (χ1n) is 11.2. The van der Waals surface area contributed by atoms with Crippen LogP contribution in [0, 0.1) is 0 Å². The summed E-state index contributed by atoms with van der Waals surface area (Å²) < 4.78 is 5.24. The van der Waals surface area contributed by atoms with Gasteiger partial charge in [-0.05, 0) is 43.5 Å². The number of hydrogen-bond donors (Lipinski definition) is 2. The van der Waals surface area contributed by atoms with Gasteiger partial charge >= 0.3 is 5.97 Å². The molecule has 0 bridgehead atoms. The Morgan fingerprint density at radius 2 is 1.94 bits per heavy atom. The molecule has 2 N–H and O–H groups in total. The maximum atomic E-state index is 12.7. The fourth-order valence-corrected chi connectivity index (χ4v) is 5.63. The summed E-state index contributed by atoms with van der Waals surface area (Å²) >= 11 is 2.66. The Morgan fingerprint density at radius 3 is 2.65 bits per heavy atom. The van der Waals surface area contributed by atoms with Crippen LogP contribution in [0.2, 0.25) is 0 Å². The molecule has 1 aromatic heterocycles. The minimum Gasteiger partial charge on any atom is -0.462 e. The van der Waals surface area contributed by atoms with Gasteiger partial charge in [0.25, 0.3) is 0 Å². The number of thiophene rings is 1. The maximum Gasteiger partial charge on any atom is 0.341 e. The number of carbonyl (C=O) groups is 4. The van der Waals surface area contributed by atoms with Crippen molar-refractivity contribution in [2.45, 2.75) is 51.5 Å². The van der Waals surface area contributed by atoms with Crippen LogP contribution < -0.4 is 10.6 Å². The largest absolute Gasteiger partial charge is 0.462 e. The lowest BCUT2D eigenvalue weighted by Gasteiger charge is -2.25. The van der Waals surface area contributed by atoms with Crippen molar-refractivity contribution in [3.05, 3.63) is 40.3 Å². The van der Waals surface area contributed by atoms with Crippen molar-refractivity contribution in [1.82, 2.24) is 4.90 Å². The minimum absolute atomic E-state index is 0.0214. The van der Waals surface area contributed by atoms with E-state index in [1.807, 2.05) is 31.2 Å². The first kappa shape index (κ1) is 25.8. The zero-order valence-corrected chi connectivity index (χ0v) is 21.2. The lowest BCUT2D eigenvalue weighted by molar-refractivity contribution is -0.129. The van der Waals surface area contributed by atoms with Crippen LogP contribution in [0.1, 0.15) is 54.4 Å². The van der Waals surface area contributed by atoms with Gasteiger partial charge in [-0.1, -0.05) is 13.0 Å². The molecular formula is C24H29N3O5S2. The van der Waals surface area contributed by atoms with Gasteiger partial charge in [-0.2, -0.15) is 0 Å². The van der Waals surface area contributed by atoms with E-state index in [-0.39, 0.29) is 30.1 Å². The van der Waals surface area contributed by atoms with Gasteiger partial charge in [-0.3, -0.25) is 14.4 Å². The monoisotopic (exact) mass is 503 g/mol. The summed E-state index contributed by atoms with van der Waals surface area (Å²) in [5.74, 6) is -0.644. The SMILES string of the molecule is CCCC(=O)Nc1cccc(SCC(=O)Nc2sc3c(c2C(=O)OCC)CCN(C(C)=O)C3)c1. The van der Waals surface area contributed by atoms with Crippen LogP contribution in [0.4, 0.5) is 10.7 Å². The molecule has 0 saturated heterocycles. The molecule has 8 nitrogen and oxygen atoms in total. The number of carbonyl (C=O) groups excluding carboxylic acids is 4. The number of anilines is 2. The first-order chi connectivity index (χ1) is 16.3. The van der Waals surface area contributed by atoms with Gasteiger partial charge in [0.2, 0.25) is 17.7 Å². The maximum absolute atomic E-state index is 12.7. The molecule has 0 atom stereocenters. The number of nitrogens with one attached hydrogen (secondary N) is 2. The highest BCUT2D eigenvalue weighted by molar-refractivity contribution is 8.00.